The third-order valence-corrected chi connectivity index (χ3v) is 3.00. The van der Waals surface area contributed by atoms with Crippen molar-refractivity contribution in [2.45, 2.75) is 12.5 Å². The number of ether oxygens (including phenoxy) is 1. The van der Waals surface area contributed by atoms with Crippen LogP contribution in [0.25, 0.3) is 0 Å². The minimum Gasteiger partial charge on any atom is -0.396 e. The van der Waals surface area contributed by atoms with Gasteiger partial charge in [-0.15, -0.1) is 0 Å². The van der Waals surface area contributed by atoms with E-state index in [0.29, 0.717) is 6.61 Å². The summed E-state index contributed by atoms with van der Waals surface area (Å²) < 4.78 is 5.58. The Morgan fingerprint density at radius 2 is 2.21 bits per heavy atom. The van der Waals surface area contributed by atoms with E-state index in [0.717, 1.165) is 17.0 Å². The van der Waals surface area contributed by atoms with Gasteiger partial charge >= 0.3 is 0 Å². The Morgan fingerprint density at radius 1 is 1.43 bits per heavy atom. The van der Waals surface area contributed by atoms with Gasteiger partial charge in [-0.1, -0.05) is 29.8 Å². The quantitative estimate of drug-likeness (QED) is 0.816. The highest BCUT2D eigenvalue weighted by Crippen LogP contribution is 2.37. The van der Waals surface area contributed by atoms with E-state index in [9.17, 15) is 0 Å². The van der Waals surface area contributed by atoms with E-state index < -0.39 is 0 Å². The lowest BCUT2D eigenvalue weighted by atomic mass is 9.96. The van der Waals surface area contributed by atoms with Crippen molar-refractivity contribution < 1.29 is 9.84 Å². The van der Waals surface area contributed by atoms with Crippen molar-refractivity contribution in [1.82, 2.24) is 0 Å². The molecular formula is C11H13ClO2. The highest BCUT2D eigenvalue weighted by molar-refractivity contribution is 6.31. The number of aliphatic hydroxyl groups is 1. The van der Waals surface area contributed by atoms with Crippen LogP contribution in [0, 0.1) is 5.92 Å². The van der Waals surface area contributed by atoms with Gasteiger partial charge in [0, 0.05) is 24.2 Å². The van der Waals surface area contributed by atoms with Gasteiger partial charge in [0.25, 0.3) is 0 Å². The molecule has 2 atom stereocenters. The molecule has 0 aromatic heterocycles. The van der Waals surface area contributed by atoms with Crippen molar-refractivity contribution in [3.63, 3.8) is 0 Å². The van der Waals surface area contributed by atoms with E-state index in [4.69, 9.17) is 21.4 Å². The maximum Gasteiger partial charge on any atom is 0.0890 e. The zero-order valence-electron chi connectivity index (χ0n) is 7.82. The van der Waals surface area contributed by atoms with E-state index >= 15 is 0 Å². The fraction of sp³-hybridized carbons (Fsp3) is 0.455. The van der Waals surface area contributed by atoms with Crippen LogP contribution in [0.4, 0.5) is 0 Å². The van der Waals surface area contributed by atoms with Gasteiger partial charge in [0.15, 0.2) is 0 Å². The van der Waals surface area contributed by atoms with Crippen LogP contribution < -0.4 is 0 Å². The maximum absolute atomic E-state index is 9.17. The molecule has 76 valence electrons. The molecule has 0 spiro atoms. The van der Waals surface area contributed by atoms with E-state index in [-0.39, 0.29) is 18.6 Å². The summed E-state index contributed by atoms with van der Waals surface area (Å²) in [5.74, 6) is 0.190. The minimum atomic E-state index is -0.0336. The Hall–Kier alpha value is -0.570. The third-order valence-electron chi connectivity index (χ3n) is 2.66. The van der Waals surface area contributed by atoms with Gasteiger partial charge in [0.2, 0.25) is 0 Å². The van der Waals surface area contributed by atoms with Gasteiger partial charge in [-0.2, -0.15) is 0 Å². The summed E-state index contributed by atoms with van der Waals surface area (Å²) in [4.78, 5) is 0. The van der Waals surface area contributed by atoms with Crippen LogP contribution in [0.15, 0.2) is 24.3 Å². The highest BCUT2D eigenvalue weighted by atomic mass is 35.5. The van der Waals surface area contributed by atoms with Gasteiger partial charge in [-0.05, 0) is 18.1 Å². The average Bonchev–Trinajstić information content (AvgIpc) is 2.66. The van der Waals surface area contributed by atoms with Crippen molar-refractivity contribution in [3.05, 3.63) is 34.9 Å². The first-order valence-electron chi connectivity index (χ1n) is 4.80. The molecule has 2 rings (SSSR count). The van der Waals surface area contributed by atoms with Crippen molar-refractivity contribution in [2.75, 3.05) is 13.2 Å². The predicted octanol–water partition coefficient (Wildman–Crippen LogP) is 2.41. The summed E-state index contributed by atoms with van der Waals surface area (Å²) >= 11 is 6.06. The Bertz CT molecular complexity index is 314. The number of rotatable bonds is 2. The monoisotopic (exact) mass is 212 g/mol. The molecular weight excluding hydrogens is 200 g/mol. The summed E-state index contributed by atoms with van der Waals surface area (Å²) in [6, 6.07) is 7.65. The molecule has 2 nitrogen and oxygen atoms in total. The Labute approximate surface area is 88.5 Å². The topological polar surface area (TPSA) is 29.5 Å². The molecule has 14 heavy (non-hydrogen) atoms. The lowest BCUT2D eigenvalue weighted by Crippen LogP contribution is -2.11. The zero-order valence-corrected chi connectivity index (χ0v) is 8.57. The molecule has 0 aliphatic carbocycles. The molecule has 0 radical (unpaired) electrons. The summed E-state index contributed by atoms with van der Waals surface area (Å²) in [6.07, 6.45) is 0.876. The lowest BCUT2D eigenvalue weighted by Gasteiger charge is -2.17. The lowest BCUT2D eigenvalue weighted by molar-refractivity contribution is 0.0721. The number of hydrogen-bond donors (Lipinski definition) is 1. The first kappa shape index (κ1) is 9.97. The van der Waals surface area contributed by atoms with E-state index in [2.05, 4.69) is 0 Å². The standard InChI is InChI=1S/C11H13ClO2/c12-10-4-2-1-3-9(10)11-8(7-13)5-6-14-11/h1-4,8,11,13H,5-7H2. The van der Waals surface area contributed by atoms with Crippen LogP contribution >= 0.6 is 11.6 Å². The second-order valence-corrected chi connectivity index (χ2v) is 3.95. The van der Waals surface area contributed by atoms with Crippen molar-refractivity contribution >= 4 is 11.6 Å². The molecule has 3 heteroatoms. The molecule has 1 fully saturated rings. The third kappa shape index (κ3) is 1.78. The largest absolute Gasteiger partial charge is 0.396 e. The Morgan fingerprint density at radius 3 is 2.93 bits per heavy atom. The molecule has 1 heterocycles. The molecule has 1 aromatic carbocycles. The molecule has 1 aromatic rings. The average molecular weight is 213 g/mol. The molecule has 0 bridgehead atoms. The minimum absolute atomic E-state index is 0.0336. The Kier molecular flexibility index (Phi) is 3.06. The second-order valence-electron chi connectivity index (χ2n) is 3.54. The molecule has 1 aliphatic heterocycles. The van der Waals surface area contributed by atoms with E-state index in [1.165, 1.54) is 0 Å². The molecule has 1 aliphatic rings. The van der Waals surface area contributed by atoms with Crippen molar-refractivity contribution in [1.29, 1.82) is 0 Å². The van der Waals surface area contributed by atoms with Gasteiger partial charge in [0.1, 0.15) is 0 Å². The molecule has 0 saturated carbocycles. The maximum atomic E-state index is 9.17. The van der Waals surface area contributed by atoms with Gasteiger partial charge in [0.05, 0.1) is 6.10 Å². The normalized spacial score (nSPS) is 26.7. The molecule has 0 amide bonds. The SMILES string of the molecule is OCC1CCOC1c1ccccc1Cl. The number of benzene rings is 1. The number of hydrogen-bond acceptors (Lipinski definition) is 2. The van der Waals surface area contributed by atoms with Crippen LogP contribution in [-0.4, -0.2) is 18.3 Å². The van der Waals surface area contributed by atoms with Gasteiger partial charge < -0.3 is 9.84 Å². The smallest absolute Gasteiger partial charge is 0.0890 e. The molecule has 1 saturated heterocycles. The van der Waals surface area contributed by atoms with Crippen LogP contribution in [0.2, 0.25) is 5.02 Å². The predicted molar refractivity (Wildman–Crippen MR) is 55.3 cm³/mol. The summed E-state index contributed by atoms with van der Waals surface area (Å²) in [7, 11) is 0. The fourth-order valence-corrected chi connectivity index (χ4v) is 2.11. The van der Waals surface area contributed by atoms with Crippen molar-refractivity contribution in [3.8, 4) is 0 Å². The number of halogens is 1. The molecule has 2 unspecified atom stereocenters. The zero-order chi connectivity index (χ0) is 9.97. The van der Waals surface area contributed by atoms with Crippen LogP contribution in [0.5, 0.6) is 0 Å². The first-order valence-corrected chi connectivity index (χ1v) is 5.17. The van der Waals surface area contributed by atoms with Crippen LogP contribution in [0.1, 0.15) is 18.1 Å². The van der Waals surface area contributed by atoms with E-state index in [1.807, 2.05) is 24.3 Å². The highest BCUT2D eigenvalue weighted by Gasteiger charge is 2.30. The van der Waals surface area contributed by atoms with Crippen LogP contribution in [-0.2, 0) is 4.74 Å². The summed E-state index contributed by atoms with van der Waals surface area (Å²) in [6.45, 7) is 0.872. The van der Waals surface area contributed by atoms with Crippen LogP contribution in [0.3, 0.4) is 0 Å². The molecule has 1 N–H and O–H groups in total. The second kappa shape index (κ2) is 4.30. The summed E-state index contributed by atoms with van der Waals surface area (Å²) in [5, 5.41) is 9.89. The van der Waals surface area contributed by atoms with Gasteiger partial charge in [-0.3, -0.25) is 0 Å². The summed E-state index contributed by atoms with van der Waals surface area (Å²) in [5.41, 5.74) is 0.991. The number of aliphatic hydroxyl groups excluding tert-OH is 1. The Balaban J connectivity index is 2.26. The van der Waals surface area contributed by atoms with Crippen molar-refractivity contribution in [2.24, 2.45) is 5.92 Å². The first-order chi connectivity index (χ1) is 6.83. The fourth-order valence-electron chi connectivity index (χ4n) is 1.87. The van der Waals surface area contributed by atoms with E-state index in [1.54, 1.807) is 0 Å². The van der Waals surface area contributed by atoms with Gasteiger partial charge in [-0.25, -0.2) is 0 Å².